The largest absolute Gasteiger partial charge is 0.367 e. The van der Waals surface area contributed by atoms with E-state index < -0.39 is 0 Å². The van der Waals surface area contributed by atoms with Crippen LogP contribution in [0.2, 0.25) is 0 Å². The summed E-state index contributed by atoms with van der Waals surface area (Å²) in [6.45, 7) is 11.4. The summed E-state index contributed by atoms with van der Waals surface area (Å²) in [5, 5.41) is 0. The van der Waals surface area contributed by atoms with Crippen molar-refractivity contribution in [1.82, 2.24) is 4.90 Å². The normalized spacial score (nSPS) is 32.0. The highest BCUT2D eigenvalue weighted by Gasteiger charge is 2.39. The third-order valence-electron chi connectivity index (χ3n) is 4.17. The van der Waals surface area contributed by atoms with E-state index in [0.717, 1.165) is 38.9 Å². The first-order valence-corrected chi connectivity index (χ1v) is 7.73. The van der Waals surface area contributed by atoms with Gasteiger partial charge < -0.3 is 4.74 Å². The molecular formula is C16H29NO2. The van der Waals surface area contributed by atoms with Crippen molar-refractivity contribution >= 4 is 5.78 Å². The van der Waals surface area contributed by atoms with Gasteiger partial charge >= 0.3 is 0 Å². The minimum absolute atomic E-state index is 0.116. The average Bonchev–Trinajstić information content (AvgIpc) is 2.39. The Morgan fingerprint density at radius 1 is 1.11 bits per heavy atom. The quantitative estimate of drug-likeness (QED) is 0.720. The van der Waals surface area contributed by atoms with Crippen LogP contribution in [-0.2, 0) is 9.53 Å². The SMILES string of the molecule is CC1(C)CN(CC2CCCCCC2=O)CC(C)(C)O1. The number of carbonyl (C=O) groups excluding carboxylic acids is 1. The number of hydrogen-bond acceptors (Lipinski definition) is 3. The van der Waals surface area contributed by atoms with Crippen molar-refractivity contribution in [1.29, 1.82) is 0 Å². The van der Waals surface area contributed by atoms with Crippen LogP contribution in [0.15, 0.2) is 0 Å². The van der Waals surface area contributed by atoms with Gasteiger partial charge in [0.1, 0.15) is 5.78 Å². The lowest BCUT2D eigenvalue weighted by atomic mass is 9.94. The molecule has 0 amide bonds. The fourth-order valence-electron chi connectivity index (χ4n) is 3.81. The summed E-state index contributed by atoms with van der Waals surface area (Å²) < 4.78 is 6.11. The van der Waals surface area contributed by atoms with Crippen LogP contribution in [0.3, 0.4) is 0 Å². The molecule has 1 aliphatic carbocycles. The first-order valence-electron chi connectivity index (χ1n) is 7.73. The fourth-order valence-corrected chi connectivity index (χ4v) is 3.81. The molecule has 1 aliphatic heterocycles. The Labute approximate surface area is 117 Å². The Hall–Kier alpha value is -0.410. The minimum Gasteiger partial charge on any atom is -0.367 e. The van der Waals surface area contributed by atoms with Crippen molar-refractivity contribution in [2.45, 2.75) is 71.0 Å². The van der Waals surface area contributed by atoms with Crippen LogP contribution < -0.4 is 0 Å². The predicted octanol–water partition coefficient (Wildman–Crippen LogP) is 3.03. The van der Waals surface area contributed by atoms with Gasteiger partial charge in [0, 0.05) is 32.0 Å². The van der Waals surface area contributed by atoms with Crippen molar-refractivity contribution in [2.24, 2.45) is 5.92 Å². The lowest BCUT2D eigenvalue weighted by Crippen LogP contribution is -2.58. The zero-order chi connectivity index (χ0) is 14.1. The molecule has 0 radical (unpaired) electrons. The Bertz CT molecular complexity index is 320. The molecule has 1 saturated carbocycles. The Kier molecular flexibility index (Phi) is 4.36. The molecule has 3 nitrogen and oxygen atoms in total. The zero-order valence-electron chi connectivity index (χ0n) is 13.0. The Balaban J connectivity index is 1.99. The molecule has 1 saturated heterocycles. The van der Waals surface area contributed by atoms with Gasteiger partial charge in [-0.1, -0.05) is 12.8 Å². The molecule has 1 unspecified atom stereocenters. The van der Waals surface area contributed by atoms with E-state index in [1.807, 2.05) is 0 Å². The highest BCUT2D eigenvalue weighted by atomic mass is 16.5. The molecule has 0 bridgehead atoms. The van der Waals surface area contributed by atoms with E-state index in [1.54, 1.807) is 0 Å². The third-order valence-corrected chi connectivity index (χ3v) is 4.17. The van der Waals surface area contributed by atoms with Gasteiger partial charge in [0.2, 0.25) is 0 Å². The maximum absolute atomic E-state index is 12.2. The molecule has 110 valence electrons. The van der Waals surface area contributed by atoms with E-state index in [9.17, 15) is 4.79 Å². The van der Waals surface area contributed by atoms with Crippen molar-refractivity contribution in [3.63, 3.8) is 0 Å². The number of hydrogen-bond donors (Lipinski definition) is 0. The first-order chi connectivity index (χ1) is 8.77. The van der Waals surface area contributed by atoms with Crippen LogP contribution in [0, 0.1) is 5.92 Å². The van der Waals surface area contributed by atoms with E-state index in [-0.39, 0.29) is 17.1 Å². The summed E-state index contributed by atoms with van der Waals surface area (Å²) in [7, 11) is 0. The maximum atomic E-state index is 12.2. The number of carbonyl (C=O) groups is 1. The molecule has 2 rings (SSSR count). The number of ether oxygens (including phenoxy) is 1. The number of morpholine rings is 1. The highest BCUT2D eigenvalue weighted by molar-refractivity contribution is 5.81. The summed E-state index contributed by atoms with van der Waals surface area (Å²) in [6, 6.07) is 0. The van der Waals surface area contributed by atoms with E-state index in [0.29, 0.717) is 5.78 Å². The third kappa shape index (κ3) is 4.28. The summed E-state index contributed by atoms with van der Waals surface area (Å²) in [6.07, 6.45) is 5.41. The lowest BCUT2D eigenvalue weighted by molar-refractivity contribution is -0.182. The Morgan fingerprint density at radius 2 is 1.74 bits per heavy atom. The zero-order valence-corrected chi connectivity index (χ0v) is 13.0. The second-order valence-corrected chi connectivity index (χ2v) is 7.55. The Morgan fingerprint density at radius 3 is 2.37 bits per heavy atom. The van der Waals surface area contributed by atoms with Crippen LogP contribution >= 0.6 is 0 Å². The lowest BCUT2D eigenvalue weighted by Gasteiger charge is -2.47. The van der Waals surface area contributed by atoms with Gasteiger partial charge in [-0.2, -0.15) is 0 Å². The minimum atomic E-state index is -0.116. The number of ketones is 1. The van der Waals surface area contributed by atoms with Gasteiger partial charge in [0.25, 0.3) is 0 Å². The van der Waals surface area contributed by atoms with Gasteiger partial charge in [0.15, 0.2) is 0 Å². The van der Waals surface area contributed by atoms with E-state index in [2.05, 4.69) is 32.6 Å². The molecule has 0 aromatic carbocycles. The van der Waals surface area contributed by atoms with E-state index in [1.165, 1.54) is 12.8 Å². The van der Waals surface area contributed by atoms with Crippen LogP contribution in [0.5, 0.6) is 0 Å². The van der Waals surface area contributed by atoms with Crippen molar-refractivity contribution in [3.8, 4) is 0 Å². The average molecular weight is 267 g/mol. The molecule has 0 N–H and O–H groups in total. The van der Waals surface area contributed by atoms with Crippen LogP contribution in [0.1, 0.15) is 59.8 Å². The van der Waals surface area contributed by atoms with Gasteiger partial charge in [-0.05, 0) is 40.5 Å². The van der Waals surface area contributed by atoms with Crippen LogP contribution in [-0.4, -0.2) is 41.5 Å². The van der Waals surface area contributed by atoms with Crippen LogP contribution in [0.4, 0.5) is 0 Å². The number of rotatable bonds is 2. The molecule has 1 heterocycles. The van der Waals surface area contributed by atoms with E-state index in [4.69, 9.17) is 4.74 Å². The summed E-state index contributed by atoms with van der Waals surface area (Å²) >= 11 is 0. The summed E-state index contributed by atoms with van der Waals surface area (Å²) in [4.78, 5) is 14.6. The van der Waals surface area contributed by atoms with Gasteiger partial charge in [0.05, 0.1) is 11.2 Å². The topological polar surface area (TPSA) is 29.5 Å². The molecule has 0 aromatic rings. The monoisotopic (exact) mass is 267 g/mol. The van der Waals surface area contributed by atoms with Gasteiger partial charge in [-0.15, -0.1) is 0 Å². The van der Waals surface area contributed by atoms with Gasteiger partial charge in [-0.3, -0.25) is 9.69 Å². The summed E-state index contributed by atoms with van der Waals surface area (Å²) in [5.41, 5.74) is -0.231. The second-order valence-electron chi connectivity index (χ2n) is 7.55. The molecule has 1 atom stereocenters. The standard InChI is InChI=1S/C16H29NO2/c1-15(2)11-17(12-16(3,4)19-15)10-13-8-6-5-7-9-14(13)18/h13H,5-12H2,1-4H3. The maximum Gasteiger partial charge on any atom is 0.137 e. The van der Waals surface area contributed by atoms with Crippen LogP contribution in [0.25, 0.3) is 0 Å². The number of Topliss-reactive ketones (excluding diaryl/α,β-unsaturated/α-hetero) is 1. The fraction of sp³-hybridized carbons (Fsp3) is 0.938. The molecule has 3 heteroatoms. The molecule has 19 heavy (non-hydrogen) atoms. The second kappa shape index (κ2) is 5.53. The van der Waals surface area contributed by atoms with E-state index >= 15 is 0 Å². The smallest absolute Gasteiger partial charge is 0.137 e. The summed E-state index contributed by atoms with van der Waals surface area (Å²) in [5.74, 6) is 0.742. The highest BCUT2D eigenvalue weighted by Crippen LogP contribution is 2.30. The molecule has 0 spiro atoms. The molecule has 2 aliphatic rings. The van der Waals surface area contributed by atoms with Crippen molar-refractivity contribution in [3.05, 3.63) is 0 Å². The molecule has 0 aromatic heterocycles. The molecular weight excluding hydrogens is 238 g/mol. The predicted molar refractivity (Wildman–Crippen MR) is 77.3 cm³/mol. The van der Waals surface area contributed by atoms with Crippen molar-refractivity contribution in [2.75, 3.05) is 19.6 Å². The van der Waals surface area contributed by atoms with Gasteiger partial charge in [-0.25, -0.2) is 0 Å². The number of nitrogens with zero attached hydrogens (tertiary/aromatic N) is 1. The molecule has 2 fully saturated rings. The van der Waals surface area contributed by atoms with Crippen molar-refractivity contribution < 1.29 is 9.53 Å². The first kappa shape index (κ1) is 15.0.